The molecule has 8 nitrogen and oxygen atoms in total. The molecule has 3 aliphatic rings. The first-order valence-corrected chi connectivity index (χ1v) is 16.4. The molecule has 0 aromatic heterocycles. The maximum Gasteiger partial charge on any atom is 0.343 e. The molecule has 3 amide bonds. The number of imide groups is 1. The predicted octanol–water partition coefficient (Wildman–Crippen LogP) is 6.34. The maximum absolute atomic E-state index is 13.8. The average Bonchev–Trinajstić information content (AvgIpc) is 3.61. The smallest absolute Gasteiger partial charge is 0.343 e. The van der Waals surface area contributed by atoms with E-state index in [9.17, 15) is 24.0 Å². The largest absolute Gasteiger partial charge is 0.423 e. The molecule has 2 bridgehead atoms. The van der Waals surface area contributed by atoms with Gasteiger partial charge in [-0.15, -0.1) is 0 Å². The Morgan fingerprint density at radius 3 is 1.86 bits per heavy atom. The van der Waals surface area contributed by atoms with Gasteiger partial charge in [0, 0.05) is 30.3 Å². The molecule has 0 radical (unpaired) electrons. The van der Waals surface area contributed by atoms with Crippen molar-refractivity contribution >= 4 is 88.9 Å². The highest BCUT2D eigenvalue weighted by Crippen LogP contribution is 2.60. The second-order valence-corrected chi connectivity index (χ2v) is 14.2. The average molecular weight is 794 g/mol. The van der Waals surface area contributed by atoms with Crippen molar-refractivity contribution in [2.75, 3.05) is 6.54 Å². The van der Waals surface area contributed by atoms with Crippen molar-refractivity contribution in [1.29, 1.82) is 0 Å². The van der Waals surface area contributed by atoms with Crippen LogP contribution in [0.15, 0.2) is 77.3 Å². The number of esters is 1. The van der Waals surface area contributed by atoms with Crippen LogP contribution in [-0.4, -0.2) is 55.7 Å². The lowest BCUT2D eigenvalue weighted by Gasteiger charge is -2.31. The van der Waals surface area contributed by atoms with Gasteiger partial charge in [0.05, 0.1) is 17.4 Å². The van der Waals surface area contributed by atoms with E-state index in [2.05, 4.69) is 47.8 Å². The fourth-order valence-electron chi connectivity index (χ4n) is 6.23. The van der Waals surface area contributed by atoms with Crippen LogP contribution in [0.25, 0.3) is 0 Å². The molecule has 0 unspecified atom stereocenters. The van der Waals surface area contributed by atoms with Crippen LogP contribution >= 0.6 is 59.4 Å². The number of hydrazine groups is 1. The van der Waals surface area contributed by atoms with E-state index in [4.69, 9.17) is 16.3 Å². The van der Waals surface area contributed by atoms with Crippen LogP contribution in [0.1, 0.15) is 37.5 Å². The molecule has 6 atom stereocenters. The van der Waals surface area contributed by atoms with Crippen LogP contribution in [0.3, 0.4) is 0 Å². The Morgan fingerprint density at radius 2 is 1.30 bits per heavy atom. The van der Waals surface area contributed by atoms with Gasteiger partial charge in [0.15, 0.2) is 5.78 Å². The van der Waals surface area contributed by atoms with Gasteiger partial charge in [0.2, 0.25) is 0 Å². The number of ketones is 1. The minimum absolute atomic E-state index is 0.0221. The molecule has 0 spiro atoms. The third kappa shape index (κ3) is 5.49. The van der Waals surface area contributed by atoms with Gasteiger partial charge in [-0.05, 0) is 91.1 Å². The summed E-state index contributed by atoms with van der Waals surface area (Å²) in [5.74, 6) is -3.72. The summed E-state index contributed by atoms with van der Waals surface area (Å²) < 4.78 is 6.23. The van der Waals surface area contributed by atoms with Gasteiger partial charge in [-0.25, -0.2) is 9.80 Å². The molecule has 3 aromatic rings. The monoisotopic (exact) mass is 790 g/mol. The molecule has 43 heavy (non-hydrogen) atoms. The Labute approximate surface area is 277 Å². The normalized spacial score (nSPS) is 25.5. The summed E-state index contributed by atoms with van der Waals surface area (Å²) in [6, 6.07) is 18.6. The Hall–Kier alpha value is -2.86. The minimum Gasteiger partial charge on any atom is -0.423 e. The molecule has 12 heteroatoms. The van der Waals surface area contributed by atoms with Crippen molar-refractivity contribution < 1.29 is 28.7 Å². The molecule has 1 saturated heterocycles. The van der Waals surface area contributed by atoms with E-state index in [0.717, 1.165) is 20.9 Å². The van der Waals surface area contributed by atoms with Gasteiger partial charge in [-0.3, -0.25) is 19.2 Å². The number of carbonyl (C=O) groups is 5. The quantitative estimate of drug-likeness (QED) is 0.0911. The summed E-state index contributed by atoms with van der Waals surface area (Å²) >= 11 is 16.7. The fraction of sp³-hybridized carbons (Fsp3) is 0.258. The van der Waals surface area contributed by atoms with Gasteiger partial charge in [-0.1, -0.05) is 59.4 Å². The number of amides is 3. The molecular formula is C31H22Br3ClN2O6. The highest BCUT2D eigenvalue weighted by Gasteiger charge is 2.67. The van der Waals surface area contributed by atoms with Crippen LogP contribution in [0.5, 0.6) is 5.75 Å². The topological polar surface area (TPSA) is 101 Å². The molecule has 1 heterocycles. The van der Waals surface area contributed by atoms with Crippen LogP contribution in [0.4, 0.5) is 0 Å². The van der Waals surface area contributed by atoms with Gasteiger partial charge in [0.25, 0.3) is 17.7 Å². The summed E-state index contributed by atoms with van der Waals surface area (Å²) in [5.41, 5.74) is 0.734. The van der Waals surface area contributed by atoms with Gasteiger partial charge < -0.3 is 4.74 Å². The van der Waals surface area contributed by atoms with E-state index in [1.807, 2.05) is 0 Å². The minimum atomic E-state index is -0.676. The maximum atomic E-state index is 13.8. The first-order valence-electron chi connectivity index (χ1n) is 13.4. The number of nitrogens with zero attached hydrogens (tertiary/aromatic N) is 2. The van der Waals surface area contributed by atoms with Gasteiger partial charge >= 0.3 is 5.97 Å². The zero-order valence-corrected chi connectivity index (χ0v) is 27.7. The Kier molecular flexibility index (Phi) is 8.36. The molecule has 1 aliphatic heterocycles. The molecule has 6 rings (SSSR count). The number of carbonyl (C=O) groups excluding carboxylic acids is 5. The predicted molar refractivity (Wildman–Crippen MR) is 168 cm³/mol. The lowest BCUT2D eigenvalue weighted by atomic mass is 9.81. The van der Waals surface area contributed by atoms with E-state index in [-0.39, 0.29) is 38.4 Å². The number of hydrogen-bond donors (Lipinski definition) is 0. The second-order valence-electron chi connectivity index (χ2n) is 10.7. The number of benzene rings is 3. The van der Waals surface area contributed by atoms with E-state index in [1.165, 1.54) is 48.5 Å². The SMILES string of the molecule is O=C(CN(C(=O)c1ccc(Cl)cc1)N1C(=O)[C@@H]2[C@H]3C[C@@H]([C@H](Br)[C@@H]3Br)[C@@H]2C1=O)c1ccc(OC(=O)c2ccc(Br)cc2)cc1. The fourth-order valence-corrected chi connectivity index (χ4v) is 8.50. The van der Waals surface area contributed by atoms with Gasteiger partial charge in [0.1, 0.15) is 12.3 Å². The standard InChI is InChI=1S/C31H22Br3ClN2O6/c32-18-7-1-17(2-8-18)31(42)43-20-11-5-15(6-12-20)23(38)14-36(28(39)16-3-9-19(35)10-4-16)37-29(40)24-21-13-22(25(24)30(37)41)27(34)26(21)33/h1-12,21-22,24-27H,13-14H2/t21-,22-,24-,25+,26-,27+/m1/s1. The summed E-state index contributed by atoms with van der Waals surface area (Å²) in [4.78, 5) is 67.3. The highest BCUT2D eigenvalue weighted by atomic mass is 79.9. The number of ether oxygens (including phenoxy) is 1. The van der Waals surface area contributed by atoms with E-state index >= 15 is 0 Å². The first-order chi connectivity index (χ1) is 20.5. The second kappa shape index (κ2) is 11.9. The van der Waals surface area contributed by atoms with Gasteiger partial charge in [-0.2, -0.15) is 5.01 Å². The molecule has 2 aliphatic carbocycles. The molecule has 3 fully saturated rings. The molecule has 2 saturated carbocycles. The summed E-state index contributed by atoms with van der Waals surface area (Å²) in [6.07, 6.45) is 0.731. The zero-order chi connectivity index (χ0) is 30.6. The summed E-state index contributed by atoms with van der Waals surface area (Å²) in [6.45, 7) is -0.554. The lowest BCUT2D eigenvalue weighted by molar-refractivity contribution is -0.154. The third-order valence-corrected chi connectivity index (χ3v) is 12.3. The van der Waals surface area contributed by atoms with E-state index in [1.54, 1.807) is 24.3 Å². The number of Topliss-reactive ketones (excluding diaryl/α,β-unsaturated/α-hetero) is 1. The summed E-state index contributed by atoms with van der Waals surface area (Å²) in [5, 5.41) is 2.23. The molecule has 220 valence electrons. The van der Waals surface area contributed by atoms with Crippen molar-refractivity contribution in [3.05, 3.63) is 99.0 Å². The van der Waals surface area contributed by atoms with Crippen molar-refractivity contribution in [3.8, 4) is 5.75 Å². The number of rotatable bonds is 7. The van der Waals surface area contributed by atoms with E-state index < -0.39 is 47.9 Å². The number of halogens is 4. The third-order valence-electron chi connectivity index (χ3n) is 8.29. The molecular weight excluding hydrogens is 772 g/mol. The Balaban J connectivity index is 1.24. The number of fused-ring (bicyclic) bond motifs is 5. The van der Waals surface area contributed by atoms with Crippen LogP contribution in [-0.2, 0) is 9.59 Å². The van der Waals surface area contributed by atoms with E-state index in [0.29, 0.717) is 10.6 Å². The van der Waals surface area contributed by atoms with Crippen LogP contribution < -0.4 is 4.74 Å². The Bertz CT molecular complexity index is 1600. The number of hydrogen-bond acceptors (Lipinski definition) is 6. The molecule has 3 aromatic carbocycles. The van der Waals surface area contributed by atoms with Crippen molar-refractivity contribution in [3.63, 3.8) is 0 Å². The van der Waals surface area contributed by atoms with Crippen molar-refractivity contribution in [2.24, 2.45) is 23.7 Å². The van der Waals surface area contributed by atoms with Crippen LogP contribution in [0, 0.1) is 23.7 Å². The van der Waals surface area contributed by atoms with Crippen LogP contribution in [0.2, 0.25) is 5.02 Å². The zero-order valence-electron chi connectivity index (χ0n) is 22.2. The highest BCUT2D eigenvalue weighted by molar-refractivity contribution is 9.12. The molecule has 0 N–H and O–H groups in total. The van der Waals surface area contributed by atoms with Crippen molar-refractivity contribution in [2.45, 2.75) is 16.1 Å². The van der Waals surface area contributed by atoms with Crippen molar-refractivity contribution in [1.82, 2.24) is 10.0 Å². The Morgan fingerprint density at radius 1 is 0.791 bits per heavy atom. The number of alkyl halides is 2. The summed E-state index contributed by atoms with van der Waals surface area (Å²) in [7, 11) is 0. The lowest BCUT2D eigenvalue weighted by Crippen LogP contribution is -2.52. The first kappa shape index (κ1) is 30.2.